The number of benzene rings is 3. The maximum absolute atomic E-state index is 13.9. The highest BCUT2D eigenvalue weighted by Crippen LogP contribution is 2.41. The molecule has 1 aliphatic rings. The molecule has 1 fully saturated rings. The van der Waals surface area contributed by atoms with Crippen molar-refractivity contribution < 1.29 is 32.1 Å². The number of aromatic nitrogens is 2. The van der Waals surface area contributed by atoms with Crippen LogP contribution in [0.15, 0.2) is 48.5 Å². The molecule has 4 aromatic rings. The lowest BCUT2D eigenvalue weighted by atomic mass is 9.98. The highest BCUT2D eigenvalue weighted by atomic mass is 19.4. The van der Waals surface area contributed by atoms with Gasteiger partial charge in [-0.2, -0.15) is 13.2 Å². The van der Waals surface area contributed by atoms with Crippen molar-refractivity contribution in [2.45, 2.75) is 38.3 Å². The number of rotatable bonds is 10. The van der Waals surface area contributed by atoms with Gasteiger partial charge in [-0.1, -0.05) is 31.0 Å². The minimum Gasteiger partial charge on any atom is -0.493 e. The number of H-pyrrole nitrogens is 1. The minimum atomic E-state index is -4.47. The summed E-state index contributed by atoms with van der Waals surface area (Å²) in [5, 5.41) is 0. The summed E-state index contributed by atoms with van der Waals surface area (Å²) >= 11 is 0. The monoisotopic (exact) mass is 583 g/mol. The minimum absolute atomic E-state index is 0.0368. The molecule has 1 N–H and O–H groups in total. The number of ether oxygens (including phenoxy) is 4. The molecule has 1 aromatic heterocycles. The highest BCUT2D eigenvalue weighted by Gasteiger charge is 2.33. The first-order chi connectivity index (χ1) is 20.3. The Kier molecular flexibility index (Phi) is 9.11. The standard InChI is InChI=1S/C32H36F3N3O4/c1-39-27-18-23(19-28(40-2)30(27)41-3)31-36-26-20-24(42-15-14-38-12-8-4-5-9-13-38)17-22(29(26)37-31)16-21-10-6-7-11-25(21)32(33,34)35/h6-7,10-11,17-20H,4-5,8-9,12-16H2,1-3H3,(H,36,37). The van der Waals surface area contributed by atoms with Crippen LogP contribution in [-0.2, 0) is 12.6 Å². The van der Waals surface area contributed by atoms with Gasteiger partial charge in [0.25, 0.3) is 0 Å². The van der Waals surface area contributed by atoms with Crippen LogP contribution < -0.4 is 18.9 Å². The van der Waals surface area contributed by atoms with Crippen molar-refractivity contribution in [1.29, 1.82) is 0 Å². The predicted octanol–water partition coefficient (Wildman–Crippen LogP) is 7.12. The zero-order chi connectivity index (χ0) is 29.7. The van der Waals surface area contributed by atoms with Crippen molar-refractivity contribution in [2.24, 2.45) is 0 Å². The second-order valence-corrected chi connectivity index (χ2v) is 10.4. The lowest BCUT2D eigenvalue weighted by Crippen LogP contribution is -2.29. The van der Waals surface area contributed by atoms with Crippen molar-refractivity contribution in [2.75, 3.05) is 47.6 Å². The first-order valence-electron chi connectivity index (χ1n) is 14.1. The fourth-order valence-electron chi connectivity index (χ4n) is 5.54. The van der Waals surface area contributed by atoms with E-state index < -0.39 is 11.7 Å². The topological polar surface area (TPSA) is 68.8 Å². The van der Waals surface area contributed by atoms with E-state index in [1.807, 2.05) is 6.07 Å². The summed E-state index contributed by atoms with van der Waals surface area (Å²) in [6.45, 7) is 3.39. The fourth-order valence-corrected chi connectivity index (χ4v) is 5.54. The second kappa shape index (κ2) is 12.9. The lowest BCUT2D eigenvalue weighted by molar-refractivity contribution is -0.138. The number of hydrogen-bond acceptors (Lipinski definition) is 6. The summed E-state index contributed by atoms with van der Waals surface area (Å²) in [7, 11) is 4.59. The van der Waals surface area contributed by atoms with Gasteiger partial charge in [-0.3, -0.25) is 4.90 Å². The molecule has 224 valence electrons. The molecular weight excluding hydrogens is 547 g/mol. The summed E-state index contributed by atoms with van der Waals surface area (Å²) in [5.74, 6) is 2.46. The molecule has 7 nitrogen and oxygen atoms in total. The van der Waals surface area contributed by atoms with Gasteiger partial charge < -0.3 is 23.9 Å². The van der Waals surface area contributed by atoms with E-state index in [-0.39, 0.29) is 12.0 Å². The van der Waals surface area contributed by atoms with E-state index in [9.17, 15) is 13.2 Å². The van der Waals surface area contributed by atoms with E-state index in [2.05, 4.69) is 9.88 Å². The Morgan fingerprint density at radius 2 is 1.55 bits per heavy atom. The third kappa shape index (κ3) is 6.59. The van der Waals surface area contributed by atoms with Crippen molar-refractivity contribution in [3.05, 3.63) is 65.2 Å². The molecular formula is C32H36F3N3O4. The van der Waals surface area contributed by atoms with Gasteiger partial charge in [0.1, 0.15) is 18.2 Å². The summed E-state index contributed by atoms with van der Waals surface area (Å²) in [4.78, 5) is 10.6. The van der Waals surface area contributed by atoms with Crippen molar-refractivity contribution >= 4 is 11.0 Å². The van der Waals surface area contributed by atoms with E-state index in [0.717, 1.165) is 25.7 Å². The van der Waals surface area contributed by atoms with Gasteiger partial charge in [0.2, 0.25) is 5.75 Å². The molecule has 0 atom stereocenters. The molecule has 42 heavy (non-hydrogen) atoms. The second-order valence-electron chi connectivity index (χ2n) is 10.4. The van der Waals surface area contributed by atoms with Gasteiger partial charge in [-0.25, -0.2) is 4.98 Å². The smallest absolute Gasteiger partial charge is 0.416 e. The summed E-state index contributed by atoms with van der Waals surface area (Å²) in [6.07, 6.45) is 0.452. The zero-order valence-corrected chi connectivity index (χ0v) is 24.1. The van der Waals surface area contributed by atoms with E-state index in [4.69, 9.17) is 23.9 Å². The van der Waals surface area contributed by atoms with Crippen LogP contribution in [0.1, 0.15) is 42.4 Å². The van der Waals surface area contributed by atoms with Crippen molar-refractivity contribution in [3.63, 3.8) is 0 Å². The van der Waals surface area contributed by atoms with Crippen LogP contribution in [0.2, 0.25) is 0 Å². The molecule has 0 saturated carbocycles. The Bertz CT molecular complexity index is 1490. The number of nitrogens with zero attached hydrogens (tertiary/aromatic N) is 2. The van der Waals surface area contributed by atoms with Crippen LogP contribution >= 0.6 is 0 Å². The van der Waals surface area contributed by atoms with Crippen LogP contribution in [-0.4, -0.2) is 62.4 Å². The zero-order valence-electron chi connectivity index (χ0n) is 24.1. The molecule has 2 heterocycles. The number of nitrogens with one attached hydrogen (secondary N) is 1. The molecule has 0 amide bonds. The van der Waals surface area contributed by atoms with E-state index in [1.165, 1.54) is 59.1 Å². The number of likely N-dealkylation sites (tertiary alicyclic amines) is 1. The van der Waals surface area contributed by atoms with Gasteiger partial charge in [0, 0.05) is 24.6 Å². The van der Waals surface area contributed by atoms with Crippen LogP contribution in [0.25, 0.3) is 22.4 Å². The normalized spacial score (nSPS) is 14.5. The molecule has 1 aliphatic heterocycles. The average Bonchev–Trinajstić information content (AvgIpc) is 3.25. The number of alkyl halides is 3. The molecule has 0 aliphatic carbocycles. The Balaban J connectivity index is 1.53. The van der Waals surface area contributed by atoms with Crippen LogP contribution in [0.4, 0.5) is 13.2 Å². The Morgan fingerprint density at radius 3 is 2.19 bits per heavy atom. The maximum Gasteiger partial charge on any atom is 0.416 e. The molecule has 3 aromatic carbocycles. The van der Waals surface area contributed by atoms with Crippen LogP contribution in [0, 0.1) is 0 Å². The molecule has 0 unspecified atom stereocenters. The molecule has 1 saturated heterocycles. The number of aromatic amines is 1. The van der Waals surface area contributed by atoms with Crippen LogP contribution in [0.5, 0.6) is 23.0 Å². The van der Waals surface area contributed by atoms with Gasteiger partial charge in [0.05, 0.1) is 37.9 Å². The summed E-state index contributed by atoms with van der Waals surface area (Å²) in [5.41, 5.74) is 2.03. The first kappa shape index (κ1) is 29.6. The van der Waals surface area contributed by atoms with E-state index in [1.54, 1.807) is 24.3 Å². The van der Waals surface area contributed by atoms with Gasteiger partial charge in [-0.05, 0) is 61.3 Å². The van der Waals surface area contributed by atoms with E-state index in [0.29, 0.717) is 57.6 Å². The Hall–Kier alpha value is -3.92. The number of hydrogen-bond donors (Lipinski definition) is 1. The number of fused-ring (bicyclic) bond motifs is 1. The molecule has 0 spiro atoms. The highest BCUT2D eigenvalue weighted by molar-refractivity contribution is 5.85. The Labute approximate surface area is 243 Å². The average molecular weight is 584 g/mol. The van der Waals surface area contributed by atoms with Gasteiger partial charge in [0.15, 0.2) is 11.5 Å². The van der Waals surface area contributed by atoms with Crippen molar-refractivity contribution in [1.82, 2.24) is 14.9 Å². The quantitative estimate of drug-likeness (QED) is 0.214. The van der Waals surface area contributed by atoms with Crippen LogP contribution in [0.3, 0.4) is 0 Å². The predicted molar refractivity (Wildman–Crippen MR) is 156 cm³/mol. The molecule has 5 rings (SSSR count). The molecule has 0 radical (unpaired) electrons. The number of halogens is 3. The summed E-state index contributed by atoms with van der Waals surface area (Å²) < 4.78 is 64.2. The third-order valence-electron chi connectivity index (χ3n) is 7.66. The fraction of sp³-hybridized carbons (Fsp3) is 0.406. The maximum atomic E-state index is 13.9. The van der Waals surface area contributed by atoms with Crippen molar-refractivity contribution in [3.8, 4) is 34.4 Å². The van der Waals surface area contributed by atoms with E-state index >= 15 is 0 Å². The Morgan fingerprint density at radius 1 is 0.857 bits per heavy atom. The molecule has 10 heteroatoms. The summed E-state index contributed by atoms with van der Waals surface area (Å²) in [6, 6.07) is 12.8. The van der Waals surface area contributed by atoms with Gasteiger partial charge in [-0.15, -0.1) is 0 Å². The SMILES string of the molecule is COc1cc(-c2nc3c(Cc4ccccc4C(F)(F)F)cc(OCCN4CCCCCC4)cc3[nH]2)cc(OC)c1OC. The molecule has 0 bridgehead atoms. The number of methoxy groups -OCH3 is 3. The third-order valence-corrected chi connectivity index (χ3v) is 7.66. The largest absolute Gasteiger partial charge is 0.493 e. The number of imidazole rings is 1. The van der Waals surface area contributed by atoms with Gasteiger partial charge >= 0.3 is 6.18 Å². The lowest BCUT2D eigenvalue weighted by Gasteiger charge is -2.20. The first-order valence-corrected chi connectivity index (χ1v) is 14.1.